The van der Waals surface area contributed by atoms with Crippen molar-refractivity contribution < 1.29 is 4.79 Å². The Kier molecular flexibility index (Phi) is 7.64. The number of likely N-dealkylation sites (N-methyl/N-ethyl adjacent to an activating group) is 1. The summed E-state index contributed by atoms with van der Waals surface area (Å²) in [6, 6.07) is 5.21. The predicted molar refractivity (Wildman–Crippen MR) is 78.7 cm³/mol. The molecule has 18 heavy (non-hydrogen) atoms. The fourth-order valence-electron chi connectivity index (χ4n) is 1.38. The van der Waals surface area contributed by atoms with E-state index in [1.165, 1.54) is 0 Å². The van der Waals surface area contributed by atoms with Gasteiger partial charge in [0.2, 0.25) is 5.91 Å². The van der Waals surface area contributed by atoms with Crippen molar-refractivity contribution >= 4 is 41.5 Å². The van der Waals surface area contributed by atoms with Gasteiger partial charge in [0.1, 0.15) is 0 Å². The van der Waals surface area contributed by atoms with Crippen LogP contribution in [0.2, 0.25) is 10.0 Å². The van der Waals surface area contributed by atoms with Crippen LogP contribution < -0.4 is 5.73 Å². The number of halogens is 3. The number of carbonyl (C=O) groups excluding carboxylic acids is 1. The molecule has 0 saturated carbocycles. The Hall–Kier alpha value is -0.480. The summed E-state index contributed by atoms with van der Waals surface area (Å²) in [5.41, 5.74) is 6.18. The monoisotopic (exact) mass is 310 g/mol. The molecule has 0 aliphatic carbocycles. The minimum Gasteiger partial charge on any atom is -0.341 e. The van der Waals surface area contributed by atoms with Crippen LogP contribution >= 0.6 is 35.6 Å². The van der Waals surface area contributed by atoms with Crippen molar-refractivity contribution in [1.82, 2.24) is 4.90 Å². The van der Waals surface area contributed by atoms with Crippen LogP contribution in [0.5, 0.6) is 0 Å². The number of amides is 1. The molecule has 1 aromatic rings. The van der Waals surface area contributed by atoms with E-state index >= 15 is 0 Å². The molecule has 0 aliphatic heterocycles. The minimum absolute atomic E-state index is 0. The van der Waals surface area contributed by atoms with Crippen molar-refractivity contribution in [3.63, 3.8) is 0 Å². The first kappa shape index (κ1) is 17.5. The number of nitrogens with zero attached hydrogens (tertiary/aromatic N) is 1. The maximum Gasteiger partial charge on any atom is 0.227 e. The highest BCUT2D eigenvalue weighted by Crippen LogP contribution is 2.25. The van der Waals surface area contributed by atoms with Gasteiger partial charge in [-0.3, -0.25) is 4.79 Å². The van der Waals surface area contributed by atoms with E-state index in [0.29, 0.717) is 22.2 Å². The van der Waals surface area contributed by atoms with Gasteiger partial charge in [0, 0.05) is 29.7 Å². The molecular formula is C12H17Cl3N2O. The normalized spacial score (nSPS) is 11.6. The molecule has 0 bridgehead atoms. The zero-order valence-corrected chi connectivity index (χ0v) is 12.6. The standard InChI is InChI=1S/C12H16Cl2N2O.ClH/c1-8(7-15)16(2)12(17)6-9-10(13)4-3-5-11(9)14;/h3-5,8H,6-7,15H2,1-2H3;1H. The topological polar surface area (TPSA) is 46.3 Å². The smallest absolute Gasteiger partial charge is 0.227 e. The molecule has 1 unspecified atom stereocenters. The Balaban J connectivity index is 0.00000289. The van der Waals surface area contributed by atoms with Gasteiger partial charge < -0.3 is 10.6 Å². The lowest BCUT2D eigenvalue weighted by Gasteiger charge is -2.24. The van der Waals surface area contributed by atoms with E-state index in [1.807, 2.05) is 6.92 Å². The molecule has 1 amide bonds. The van der Waals surface area contributed by atoms with Crippen molar-refractivity contribution in [1.29, 1.82) is 0 Å². The van der Waals surface area contributed by atoms with Crippen LogP contribution in [-0.4, -0.2) is 30.4 Å². The molecule has 0 radical (unpaired) electrons. The molecular weight excluding hydrogens is 295 g/mol. The quantitative estimate of drug-likeness (QED) is 0.929. The lowest BCUT2D eigenvalue weighted by molar-refractivity contribution is -0.130. The zero-order valence-electron chi connectivity index (χ0n) is 10.3. The molecule has 102 valence electrons. The van der Waals surface area contributed by atoms with Crippen LogP contribution in [0.1, 0.15) is 12.5 Å². The Morgan fingerprint density at radius 1 is 1.39 bits per heavy atom. The van der Waals surface area contributed by atoms with Gasteiger partial charge in [-0.15, -0.1) is 12.4 Å². The summed E-state index contributed by atoms with van der Waals surface area (Å²) >= 11 is 12.0. The number of carbonyl (C=O) groups is 1. The van der Waals surface area contributed by atoms with Gasteiger partial charge in [0.25, 0.3) is 0 Å². The molecule has 1 rings (SSSR count). The number of hydrogen-bond donors (Lipinski definition) is 1. The SMILES string of the molecule is CC(CN)N(C)C(=O)Cc1c(Cl)cccc1Cl.Cl. The van der Waals surface area contributed by atoms with E-state index in [9.17, 15) is 4.79 Å². The Morgan fingerprint density at radius 3 is 2.33 bits per heavy atom. The maximum absolute atomic E-state index is 12.0. The van der Waals surface area contributed by atoms with E-state index < -0.39 is 0 Å². The molecule has 3 nitrogen and oxygen atoms in total. The number of hydrogen-bond acceptors (Lipinski definition) is 2. The Labute approximate surface area is 124 Å². The van der Waals surface area contributed by atoms with Gasteiger partial charge in [0.05, 0.1) is 6.42 Å². The van der Waals surface area contributed by atoms with Gasteiger partial charge in [-0.05, 0) is 24.6 Å². The molecule has 6 heteroatoms. The third kappa shape index (κ3) is 4.32. The molecule has 0 fully saturated rings. The van der Waals surface area contributed by atoms with Gasteiger partial charge in [-0.25, -0.2) is 0 Å². The first-order valence-corrected chi connectivity index (χ1v) is 6.11. The van der Waals surface area contributed by atoms with E-state index in [-0.39, 0.29) is 30.8 Å². The lowest BCUT2D eigenvalue weighted by atomic mass is 10.1. The summed E-state index contributed by atoms with van der Waals surface area (Å²) in [5, 5.41) is 1.03. The maximum atomic E-state index is 12.0. The van der Waals surface area contributed by atoms with Crippen LogP contribution in [0.3, 0.4) is 0 Å². The third-order valence-electron chi connectivity index (χ3n) is 2.79. The average Bonchev–Trinajstić information content (AvgIpc) is 2.31. The summed E-state index contributed by atoms with van der Waals surface area (Å²) in [6.45, 7) is 2.32. The largest absolute Gasteiger partial charge is 0.341 e. The lowest BCUT2D eigenvalue weighted by Crippen LogP contribution is -2.40. The molecule has 0 heterocycles. The van der Waals surface area contributed by atoms with E-state index in [1.54, 1.807) is 30.1 Å². The highest BCUT2D eigenvalue weighted by Gasteiger charge is 2.17. The summed E-state index contributed by atoms with van der Waals surface area (Å²) in [6.07, 6.45) is 0.194. The van der Waals surface area contributed by atoms with E-state index in [0.717, 1.165) is 0 Å². The zero-order chi connectivity index (χ0) is 13.0. The molecule has 0 spiro atoms. The number of nitrogens with two attached hydrogens (primary N) is 1. The van der Waals surface area contributed by atoms with Gasteiger partial charge in [-0.1, -0.05) is 29.3 Å². The number of benzene rings is 1. The van der Waals surface area contributed by atoms with Gasteiger partial charge in [-0.2, -0.15) is 0 Å². The Bertz CT molecular complexity index is 392. The van der Waals surface area contributed by atoms with Crippen molar-refractivity contribution in [3.8, 4) is 0 Å². The van der Waals surface area contributed by atoms with Crippen molar-refractivity contribution in [2.24, 2.45) is 5.73 Å². The van der Waals surface area contributed by atoms with Crippen LogP contribution in [-0.2, 0) is 11.2 Å². The second-order valence-electron chi connectivity index (χ2n) is 3.97. The molecule has 1 atom stereocenters. The fraction of sp³-hybridized carbons (Fsp3) is 0.417. The molecule has 0 aliphatic rings. The molecule has 2 N–H and O–H groups in total. The van der Waals surface area contributed by atoms with Crippen molar-refractivity contribution in [3.05, 3.63) is 33.8 Å². The highest BCUT2D eigenvalue weighted by molar-refractivity contribution is 6.36. The van der Waals surface area contributed by atoms with E-state index in [2.05, 4.69) is 0 Å². The van der Waals surface area contributed by atoms with Crippen molar-refractivity contribution in [2.45, 2.75) is 19.4 Å². The molecule has 0 aromatic heterocycles. The summed E-state index contributed by atoms with van der Waals surface area (Å²) < 4.78 is 0. The molecule has 1 aromatic carbocycles. The fourth-order valence-corrected chi connectivity index (χ4v) is 1.91. The van der Waals surface area contributed by atoms with E-state index in [4.69, 9.17) is 28.9 Å². The Morgan fingerprint density at radius 2 is 1.89 bits per heavy atom. The highest BCUT2D eigenvalue weighted by atomic mass is 35.5. The third-order valence-corrected chi connectivity index (χ3v) is 3.49. The minimum atomic E-state index is -0.0436. The van der Waals surface area contributed by atoms with Crippen molar-refractivity contribution in [2.75, 3.05) is 13.6 Å². The number of rotatable bonds is 4. The second-order valence-corrected chi connectivity index (χ2v) is 4.78. The van der Waals surface area contributed by atoms with Crippen LogP contribution in [0.25, 0.3) is 0 Å². The first-order valence-electron chi connectivity index (χ1n) is 5.36. The van der Waals surface area contributed by atoms with Gasteiger partial charge in [0.15, 0.2) is 0 Å². The summed E-state index contributed by atoms with van der Waals surface area (Å²) in [4.78, 5) is 13.6. The van der Waals surface area contributed by atoms with Crippen LogP contribution in [0, 0.1) is 0 Å². The second kappa shape index (κ2) is 7.85. The van der Waals surface area contributed by atoms with Gasteiger partial charge >= 0.3 is 0 Å². The molecule has 0 saturated heterocycles. The average molecular weight is 312 g/mol. The summed E-state index contributed by atoms with van der Waals surface area (Å²) in [5.74, 6) is -0.0436. The van der Waals surface area contributed by atoms with Crippen LogP contribution in [0.15, 0.2) is 18.2 Å². The summed E-state index contributed by atoms with van der Waals surface area (Å²) in [7, 11) is 1.73. The predicted octanol–water partition coefficient (Wildman–Crippen LogP) is 2.76. The van der Waals surface area contributed by atoms with Crippen LogP contribution in [0.4, 0.5) is 0 Å². The first-order chi connectivity index (χ1) is 7.97.